The lowest BCUT2D eigenvalue weighted by Gasteiger charge is -2.21. The topological polar surface area (TPSA) is 85.4 Å². The molecule has 1 heterocycles. The SMILES string of the molecule is COc1ccc(C)cc1[C@]1(C(=O)NS(=O)(=O)c2cccc3nc(C)ccc23)C[C@@H]1c1ccccc1. The van der Waals surface area contributed by atoms with Gasteiger partial charge in [-0.05, 0) is 56.2 Å². The summed E-state index contributed by atoms with van der Waals surface area (Å²) in [7, 11) is -2.61. The zero-order chi connectivity index (χ0) is 24.8. The highest BCUT2D eigenvalue weighted by atomic mass is 32.2. The van der Waals surface area contributed by atoms with Gasteiger partial charge in [0.05, 0.1) is 22.9 Å². The summed E-state index contributed by atoms with van der Waals surface area (Å²) in [6, 6.07) is 23.7. The van der Waals surface area contributed by atoms with Crippen LogP contribution in [0.3, 0.4) is 0 Å². The Kier molecular flexibility index (Phi) is 5.60. The molecular formula is C28H26N2O4S. The number of pyridine rings is 1. The predicted octanol–water partition coefficient (Wildman–Crippen LogP) is 4.79. The molecule has 0 bridgehead atoms. The molecule has 6 nitrogen and oxygen atoms in total. The van der Waals surface area contributed by atoms with Crippen molar-refractivity contribution < 1.29 is 17.9 Å². The minimum Gasteiger partial charge on any atom is -0.496 e. The summed E-state index contributed by atoms with van der Waals surface area (Å²) in [5, 5.41) is 0.469. The molecule has 1 saturated carbocycles. The van der Waals surface area contributed by atoms with Crippen LogP contribution in [0.2, 0.25) is 0 Å². The van der Waals surface area contributed by atoms with E-state index in [9.17, 15) is 13.2 Å². The van der Waals surface area contributed by atoms with E-state index in [-0.39, 0.29) is 10.8 Å². The lowest BCUT2D eigenvalue weighted by Crippen LogP contribution is -2.40. The Morgan fingerprint density at radius 3 is 2.51 bits per heavy atom. The molecule has 1 fully saturated rings. The van der Waals surface area contributed by atoms with Crippen molar-refractivity contribution in [1.82, 2.24) is 9.71 Å². The number of ether oxygens (including phenoxy) is 1. The number of rotatable bonds is 6. The zero-order valence-electron chi connectivity index (χ0n) is 19.8. The molecule has 1 aliphatic rings. The van der Waals surface area contributed by atoms with E-state index in [0.29, 0.717) is 28.6 Å². The van der Waals surface area contributed by atoms with Crippen molar-refractivity contribution in [3.05, 3.63) is 101 Å². The van der Waals surface area contributed by atoms with E-state index in [0.717, 1.165) is 16.8 Å². The highest BCUT2D eigenvalue weighted by Crippen LogP contribution is 2.62. The zero-order valence-corrected chi connectivity index (χ0v) is 20.6. The van der Waals surface area contributed by atoms with Crippen LogP contribution in [0.15, 0.2) is 83.8 Å². The third kappa shape index (κ3) is 3.96. The molecule has 2 atom stereocenters. The van der Waals surface area contributed by atoms with Crippen molar-refractivity contribution in [2.75, 3.05) is 7.11 Å². The maximum Gasteiger partial charge on any atom is 0.264 e. The van der Waals surface area contributed by atoms with Gasteiger partial charge in [-0.15, -0.1) is 0 Å². The number of benzene rings is 3. The second kappa shape index (κ2) is 8.50. The first-order valence-corrected chi connectivity index (χ1v) is 12.9. The third-order valence-electron chi connectivity index (χ3n) is 6.75. The summed E-state index contributed by atoms with van der Waals surface area (Å²) < 4.78 is 35.0. The quantitative estimate of drug-likeness (QED) is 0.424. The Morgan fingerprint density at radius 2 is 1.77 bits per heavy atom. The molecule has 178 valence electrons. The van der Waals surface area contributed by atoms with Crippen LogP contribution < -0.4 is 9.46 Å². The minimum atomic E-state index is -4.17. The van der Waals surface area contributed by atoms with Crippen molar-refractivity contribution in [3.8, 4) is 5.75 Å². The van der Waals surface area contributed by atoms with Crippen molar-refractivity contribution in [2.45, 2.75) is 36.5 Å². The first-order valence-electron chi connectivity index (χ1n) is 11.4. The summed E-state index contributed by atoms with van der Waals surface area (Å²) >= 11 is 0. The number of amides is 1. The minimum absolute atomic E-state index is 0.0270. The molecule has 4 aromatic rings. The number of hydrogen-bond donors (Lipinski definition) is 1. The monoisotopic (exact) mass is 486 g/mol. The van der Waals surface area contributed by atoms with Gasteiger partial charge in [0.25, 0.3) is 10.0 Å². The number of carbonyl (C=O) groups excluding carboxylic acids is 1. The largest absolute Gasteiger partial charge is 0.496 e. The van der Waals surface area contributed by atoms with E-state index in [4.69, 9.17) is 4.74 Å². The lowest BCUT2D eigenvalue weighted by atomic mass is 9.88. The molecule has 0 radical (unpaired) electrons. The summed E-state index contributed by atoms with van der Waals surface area (Å²) in [5.41, 5.74) is 2.91. The van der Waals surface area contributed by atoms with Gasteiger partial charge >= 0.3 is 0 Å². The van der Waals surface area contributed by atoms with Gasteiger partial charge in [0.1, 0.15) is 5.75 Å². The van der Waals surface area contributed by atoms with E-state index < -0.39 is 21.3 Å². The molecule has 3 aromatic carbocycles. The second-order valence-electron chi connectivity index (χ2n) is 9.05. The van der Waals surface area contributed by atoms with Gasteiger partial charge in [0.15, 0.2) is 0 Å². The average Bonchev–Trinajstić information content (AvgIpc) is 3.61. The highest BCUT2D eigenvalue weighted by Gasteiger charge is 2.63. The Bertz CT molecular complexity index is 1550. The van der Waals surface area contributed by atoms with Crippen LogP contribution in [0.5, 0.6) is 5.75 Å². The third-order valence-corrected chi connectivity index (χ3v) is 8.14. The van der Waals surface area contributed by atoms with Crippen molar-refractivity contribution in [3.63, 3.8) is 0 Å². The van der Waals surface area contributed by atoms with Crippen LogP contribution in [0.1, 0.15) is 34.7 Å². The van der Waals surface area contributed by atoms with Gasteiger partial charge in [-0.3, -0.25) is 9.78 Å². The smallest absolute Gasteiger partial charge is 0.264 e. The Hall–Kier alpha value is -3.71. The van der Waals surface area contributed by atoms with Gasteiger partial charge < -0.3 is 4.74 Å². The number of hydrogen-bond acceptors (Lipinski definition) is 5. The van der Waals surface area contributed by atoms with Crippen LogP contribution in [-0.4, -0.2) is 26.4 Å². The van der Waals surface area contributed by atoms with Crippen molar-refractivity contribution in [1.29, 1.82) is 0 Å². The molecular weight excluding hydrogens is 460 g/mol. The van der Waals surface area contributed by atoms with Gasteiger partial charge in [-0.1, -0.05) is 54.1 Å². The number of sulfonamides is 1. The molecule has 1 amide bonds. The number of fused-ring (bicyclic) bond motifs is 1. The number of nitrogens with one attached hydrogen (secondary N) is 1. The molecule has 1 N–H and O–H groups in total. The van der Waals surface area contributed by atoms with E-state index in [1.54, 1.807) is 31.4 Å². The molecule has 0 saturated heterocycles. The summed E-state index contributed by atoms with van der Waals surface area (Å²) in [4.78, 5) is 18.4. The molecule has 0 unspecified atom stereocenters. The fraction of sp³-hybridized carbons (Fsp3) is 0.214. The molecule has 7 heteroatoms. The average molecular weight is 487 g/mol. The van der Waals surface area contributed by atoms with E-state index in [1.165, 1.54) is 6.07 Å². The molecule has 5 rings (SSSR count). The predicted molar refractivity (Wildman–Crippen MR) is 135 cm³/mol. The number of aryl methyl sites for hydroxylation is 2. The number of aromatic nitrogens is 1. The van der Waals surface area contributed by atoms with Crippen LogP contribution in [0, 0.1) is 13.8 Å². The van der Waals surface area contributed by atoms with E-state index in [1.807, 2.05) is 62.4 Å². The molecule has 35 heavy (non-hydrogen) atoms. The van der Waals surface area contributed by atoms with Gasteiger partial charge in [-0.25, -0.2) is 13.1 Å². The Labute approximate surface area is 205 Å². The fourth-order valence-electron chi connectivity index (χ4n) is 4.92. The fourth-order valence-corrected chi connectivity index (χ4v) is 6.18. The Morgan fingerprint density at radius 1 is 1.00 bits per heavy atom. The van der Waals surface area contributed by atoms with Crippen LogP contribution in [-0.2, 0) is 20.2 Å². The first-order chi connectivity index (χ1) is 16.8. The maximum absolute atomic E-state index is 13.9. The summed E-state index contributed by atoms with van der Waals surface area (Å²) in [6.45, 7) is 3.79. The number of methoxy groups -OCH3 is 1. The standard InChI is InChI=1S/C28H26N2O4S/c1-18-12-15-25(34-3)22(16-18)28(17-23(28)20-8-5-4-6-9-20)27(31)30-35(32,33)26-11-7-10-24-21(26)14-13-19(2)29-24/h4-16,23H,17H2,1-3H3,(H,30,31)/t23-,28-/m1/s1. The van der Waals surface area contributed by atoms with Crippen LogP contribution in [0.4, 0.5) is 0 Å². The number of carbonyl (C=O) groups is 1. The number of nitrogens with zero attached hydrogens (tertiary/aromatic N) is 1. The lowest BCUT2D eigenvalue weighted by molar-refractivity contribution is -0.122. The van der Waals surface area contributed by atoms with Gasteiger partial charge in [0.2, 0.25) is 5.91 Å². The molecule has 1 aromatic heterocycles. The summed E-state index contributed by atoms with van der Waals surface area (Å²) in [6.07, 6.45) is 0.481. The van der Waals surface area contributed by atoms with Gasteiger partial charge in [0, 0.05) is 22.6 Å². The van der Waals surface area contributed by atoms with Crippen LogP contribution in [0.25, 0.3) is 10.9 Å². The van der Waals surface area contributed by atoms with E-state index in [2.05, 4.69) is 9.71 Å². The molecule has 1 aliphatic carbocycles. The maximum atomic E-state index is 13.9. The van der Waals surface area contributed by atoms with E-state index >= 15 is 0 Å². The summed E-state index contributed by atoms with van der Waals surface area (Å²) in [5.74, 6) is -0.176. The second-order valence-corrected chi connectivity index (χ2v) is 10.7. The Balaban J connectivity index is 1.59. The van der Waals surface area contributed by atoms with Crippen molar-refractivity contribution in [2.24, 2.45) is 0 Å². The molecule has 0 spiro atoms. The highest BCUT2D eigenvalue weighted by molar-refractivity contribution is 7.90. The molecule has 0 aliphatic heterocycles. The normalized spacial score (nSPS) is 19.3. The van der Waals surface area contributed by atoms with Gasteiger partial charge in [-0.2, -0.15) is 0 Å². The van der Waals surface area contributed by atoms with Crippen LogP contribution >= 0.6 is 0 Å². The first kappa shape index (κ1) is 23.1. The van der Waals surface area contributed by atoms with Crippen molar-refractivity contribution >= 4 is 26.8 Å².